The Balaban J connectivity index is 2.26. The largest absolute Gasteiger partial charge is 0.243 e. The van der Waals surface area contributed by atoms with E-state index in [0.717, 1.165) is 31.2 Å². The van der Waals surface area contributed by atoms with Gasteiger partial charge >= 0.3 is 0 Å². The van der Waals surface area contributed by atoms with Crippen molar-refractivity contribution in [1.29, 1.82) is 0 Å². The molecule has 1 aromatic carbocycles. The minimum absolute atomic E-state index is 0.182. The van der Waals surface area contributed by atoms with Gasteiger partial charge in [0, 0.05) is 13.1 Å². The number of aryl methyl sites for hydroxylation is 1. The van der Waals surface area contributed by atoms with Gasteiger partial charge in [-0.05, 0) is 31.9 Å². The van der Waals surface area contributed by atoms with Crippen LogP contribution in [0.15, 0.2) is 29.2 Å². The van der Waals surface area contributed by atoms with Gasteiger partial charge in [0.15, 0.2) is 0 Å². The minimum atomic E-state index is -3.31. The molecule has 1 saturated carbocycles. The van der Waals surface area contributed by atoms with Gasteiger partial charge in [0.25, 0.3) is 0 Å². The Morgan fingerprint density at radius 2 is 1.65 bits per heavy atom. The molecular formula is C13H19NO2S. The topological polar surface area (TPSA) is 37.4 Å². The summed E-state index contributed by atoms with van der Waals surface area (Å²) >= 11 is 0. The maximum atomic E-state index is 12.4. The number of hydrogen-bond donors (Lipinski definition) is 0. The third kappa shape index (κ3) is 2.53. The highest BCUT2D eigenvalue weighted by Gasteiger charge is 2.29. The minimum Gasteiger partial charge on any atom is -0.207 e. The predicted octanol–water partition coefficient (Wildman–Crippen LogP) is 2.56. The summed E-state index contributed by atoms with van der Waals surface area (Å²) < 4.78 is 26.3. The Hall–Kier alpha value is -0.870. The zero-order valence-corrected chi connectivity index (χ0v) is 11.2. The van der Waals surface area contributed by atoms with Crippen LogP contribution in [0.4, 0.5) is 0 Å². The highest BCUT2D eigenvalue weighted by atomic mass is 32.2. The molecule has 1 aliphatic carbocycles. The molecule has 4 heteroatoms. The maximum absolute atomic E-state index is 12.4. The van der Waals surface area contributed by atoms with Gasteiger partial charge in [-0.25, -0.2) is 8.42 Å². The van der Waals surface area contributed by atoms with Crippen LogP contribution in [0.5, 0.6) is 0 Å². The number of hydrogen-bond acceptors (Lipinski definition) is 2. The third-order valence-corrected chi connectivity index (χ3v) is 5.46. The third-order valence-electron chi connectivity index (χ3n) is 3.54. The molecule has 17 heavy (non-hydrogen) atoms. The van der Waals surface area contributed by atoms with Gasteiger partial charge in [0.1, 0.15) is 0 Å². The standard InChI is InChI=1S/C13H19NO2S/c1-11-7-9-13(10-8-11)17(15,16)14(2)12-5-3-4-6-12/h7-10,12H,3-6H2,1-2H3. The van der Waals surface area contributed by atoms with Crippen molar-refractivity contribution in [3.05, 3.63) is 29.8 Å². The molecular weight excluding hydrogens is 234 g/mol. The molecule has 0 atom stereocenters. The van der Waals surface area contributed by atoms with Gasteiger partial charge in [0.2, 0.25) is 10.0 Å². The van der Waals surface area contributed by atoms with Crippen molar-refractivity contribution < 1.29 is 8.42 Å². The van der Waals surface area contributed by atoms with E-state index in [1.54, 1.807) is 23.5 Å². The Labute approximate surface area is 104 Å². The zero-order chi connectivity index (χ0) is 12.5. The molecule has 2 rings (SSSR count). The first-order chi connectivity index (χ1) is 8.01. The molecule has 0 unspecified atom stereocenters. The first-order valence-electron chi connectivity index (χ1n) is 6.06. The van der Waals surface area contributed by atoms with Gasteiger partial charge < -0.3 is 0 Å². The summed E-state index contributed by atoms with van der Waals surface area (Å²) in [6, 6.07) is 7.25. The zero-order valence-electron chi connectivity index (χ0n) is 10.4. The fraction of sp³-hybridized carbons (Fsp3) is 0.538. The molecule has 0 saturated heterocycles. The Bertz CT molecular complexity index is 473. The van der Waals surface area contributed by atoms with Crippen LogP contribution < -0.4 is 0 Å². The molecule has 0 bridgehead atoms. The molecule has 0 radical (unpaired) electrons. The highest BCUT2D eigenvalue weighted by Crippen LogP contribution is 2.27. The van der Waals surface area contributed by atoms with Crippen molar-refractivity contribution in [2.45, 2.75) is 43.5 Å². The lowest BCUT2D eigenvalue weighted by molar-refractivity contribution is 0.373. The number of sulfonamides is 1. The molecule has 0 aromatic heterocycles. The molecule has 0 amide bonds. The van der Waals surface area contributed by atoms with Crippen molar-refractivity contribution in [3.8, 4) is 0 Å². The summed E-state index contributed by atoms with van der Waals surface area (Å²) in [6.45, 7) is 1.96. The molecule has 1 aromatic rings. The number of nitrogens with zero attached hydrogens (tertiary/aromatic N) is 1. The van der Waals surface area contributed by atoms with E-state index in [-0.39, 0.29) is 6.04 Å². The monoisotopic (exact) mass is 253 g/mol. The molecule has 0 aliphatic heterocycles. The van der Waals surface area contributed by atoms with E-state index in [1.165, 1.54) is 0 Å². The van der Waals surface area contributed by atoms with E-state index < -0.39 is 10.0 Å². The fourth-order valence-corrected chi connectivity index (χ4v) is 3.76. The van der Waals surface area contributed by atoms with Crippen molar-refractivity contribution in [1.82, 2.24) is 4.31 Å². The fourth-order valence-electron chi connectivity index (χ4n) is 2.34. The van der Waals surface area contributed by atoms with Crippen LogP contribution in [-0.4, -0.2) is 25.8 Å². The number of rotatable bonds is 3. The normalized spacial score (nSPS) is 17.8. The van der Waals surface area contributed by atoms with Crippen molar-refractivity contribution in [3.63, 3.8) is 0 Å². The summed E-state index contributed by atoms with van der Waals surface area (Å²) in [5.74, 6) is 0. The first-order valence-corrected chi connectivity index (χ1v) is 7.50. The van der Waals surface area contributed by atoms with Crippen LogP contribution in [0.1, 0.15) is 31.2 Å². The summed E-state index contributed by atoms with van der Waals surface area (Å²) in [6.07, 6.45) is 4.25. The molecule has 0 N–H and O–H groups in total. The number of benzene rings is 1. The average molecular weight is 253 g/mol. The Morgan fingerprint density at radius 1 is 1.12 bits per heavy atom. The molecule has 1 aliphatic rings. The molecule has 0 heterocycles. The lowest BCUT2D eigenvalue weighted by atomic mass is 10.2. The summed E-state index contributed by atoms with van der Waals surface area (Å²) in [7, 11) is -1.61. The van der Waals surface area contributed by atoms with Crippen LogP contribution in [0, 0.1) is 6.92 Å². The second-order valence-corrected chi connectivity index (χ2v) is 6.77. The molecule has 3 nitrogen and oxygen atoms in total. The second-order valence-electron chi connectivity index (χ2n) is 4.77. The molecule has 0 spiro atoms. The van der Waals surface area contributed by atoms with E-state index in [2.05, 4.69) is 0 Å². The Kier molecular flexibility index (Phi) is 3.54. The first kappa shape index (κ1) is 12.6. The molecule has 1 fully saturated rings. The average Bonchev–Trinajstić information content (AvgIpc) is 2.82. The highest BCUT2D eigenvalue weighted by molar-refractivity contribution is 7.89. The molecule has 94 valence electrons. The lowest BCUT2D eigenvalue weighted by Crippen LogP contribution is -2.35. The van der Waals surface area contributed by atoms with E-state index in [9.17, 15) is 8.42 Å². The van der Waals surface area contributed by atoms with E-state index in [4.69, 9.17) is 0 Å². The smallest absolute Gasteiger partial charge is 0.207 e. The van der Waals surface area contributed by atoms with Gasteiger partial charge in [-0.15, -0.1) is 0 Å². The van der Waals surface area contributed by atoms with Crippen LogP contribution in [0.2, 0.25) is 0 Å². The van der Waals surface area contributed by atoms with E-state index in [1.807, 2.05) is 19.1 Å². The maximum Gasteiger partial charge on any atom is 0.243 e. The van der Waals surface area contributed by atoms with Crippen molar-refractivity contribution in [2.24, 2.45) is 0 Å². The van der Waals surface area contributed by atoms with E-state index in [0.29, 0.717) is 4.90 Å². The predicted molar refractivity (Wildman–Crippen MR) is 68.4 cm³/mol. The second kappa shape index (κ2) is 4.78. The van der Waals surface area contributed by atoms with Crippen molar-refractivity contribution in [2.75, 3.05) is 7.05 Å². The SMILES string of the molecule is Cc1ccc(S(=O)(=O)N(C)C2CCCC2)cc1. The summed E-state index contributed by atoms with van der Waals surface area (Å²) in [5.41, 5.74) is 1.08. The quantitative estimate of drug-likeness (QED) is 0.830. The van der Waals surface area contributed by atoms with Crippen LogP contribution in [-0.2, 0) is 10.0 Å². The summed E-state index contributed by atoms with van der Waals surface area (Å²) in [4.78, 5) is 0.400. The van der Waals surface area contributed by atoms with Crippen LogP contribution in [0.3, 0.4) is 0 Å². The lowest BCUT2D eigenvalue weighted by Gasteiger charge is -2.23. The van der Waals surface area contributed by atoms with E-state index >= 15 is 0 Å². The van der Waals surface area contributed by atoms with Crippen molar-refractivity contribution >= 4 is 10.0 Å². The van der Waals surface area contributed by atoms with Crippen LogP contribution >= 0.6 is 0 Å². The van der Waals surface area contributed by atoms with Gasteiger partial charge in [-0.2, -0.15) is 4.31 Å². The van der Waals surface area contributed by atoms with Crippen LogP contribution in [0.25, 0.3) is 0 Å². The Morgan fingerprint density at radius 3 is 2.18 bits per heavy atom. The van der Waals surface area contributed by atoms with Gasteiger partial charge in [0.05, 0.1) is 4.90 Å². The van der Waals surface area contributed by atoms with Gasteiger partial charge in [-0.1, -0.05) is 30.5 Å². The van der Waals surface area contributed by atoms with Gasteiger partial charge in [-0.3, -0.25) is 0 Å². The summed E-state index contributed by atoms with van der Waals surface area (Å²) in [5, 5.41) is 0.